The van der Waals surface area contributed by atoms with Crippen LogP contribution in [0.1, 0.15) is 36.0 Å². The average molecular weight is 420 g/mol. The number of hydrogen-bond acceptors (Lipinski definition) is 5. The summed E-state index contributed by atoms with van der Waals surface area (Å²) >= 11 is 1.44. The van der Waals surface area contributed by atoms with Crippen molar-refractivity contribution in [3.63, 3.8) is 0 Å². The first kappa shape index (κ1) is 20.6. The lowest BCUT2D eigenvalue weighted by Gasteiger charge is -2.29. The molecule has 148 valence electrons. The highest BCUT2D eigenvalue weighted by molar-refractivity contribution is 7.99. The predicted molar refractivity (Wildman–Crippen MR) is 111 cm³/mol. The molecule has 2 aliphatic rings. The first-order chi connectivity index (χ1) is 13.1. The van der Waals surface area contributed by atoms with E-state index >= 15 is 0 Å². The third-order valence-electron chi connectivity index (χ3n) is 5.20. The second-order valence-corrected chi connectivity index (χ2v) is 8.25. The van der Waals surface area contributed by atoms with Gasteiger partial charge in [0, 0.05) is 40.0 Å². The highest BCUT2D eigenvalue weighted by Gasteiger charge is 2.34. The Morgan fingerprint density at radius 3 is 2.43 bits per heavy atom. The summed E-state index contributed by atoms with van der Waals surface area (Å²) in [6.45, 7) is 0. The van der Waals surface area contributed by atoms with Crippen LogP contribution < -0.4 is 10.6 Å². The molecule has 6 nitrogen and oxygen atoms in total. The zero-order chi connectivity index (χ0) is 18.8. The van der Waals surface area contributed by atoms with Crippen molar-refractivity contribution in [2.75, 3.05) is 0 Å². The normalized spacial score (nSPS) is 22.9. The number of nitrogens with one attached hydrogen (secondary N) is 2. The van der Waals surface area contributed by atoms with Crippen molar-refractivity contribution >= 4 is 35.8 Å². The number of benzene rings is 2. The van der Waals surface area contributed by atoms with Crippen molar-refractivity contribution in [2.24, 2.45) is 0 Å². The van der Waals surface area contributed by atoms with Gasteiger partial charge in [0.25, 0.3) is 11.6 Å². The number of hydrogen-bond donors (Lipinski definition) is 2. The Morgan fingerprint density at radius 1 is 1.11 bits per heavy atom. The number of piperidine rings is 1. The van der Waals surface area contributed by atoms with Gasteiger partial charge in [-0.15, -0.1) is 12.4 Å². The van der Waals surface area contributed by atoms with E-state index in [9.17, 15) is 14.9 Å². The van der Waals surface area contributed by atoms with Gasteiger partial charge in [0.15, 0.2) is 0 Å². The quantitative estimate of drug-likeness (QED) is 0.561. The van der Waals surface area contributed by atoms with Gasteiger partial charge >= 0.3 is 0 Å². The Labute approximate surface area is 174 Å². The molecule has 0 aliphatic carbocycles. The van der Waals surface area contributed by atoms with E-state index in [4.69, 9.17) is 0 Å². The number of nitrogens with zero attached hydrogens (tertiary/aromatic N) is 1. The van der Waals surface area contributed by atoms with Crippen LogP contribution in [0.2, 0.25) is 0 Å². The Balaban J connectivity index is 0.00000225. The Hall–Kier alpha value is -2.09. The van der Waals surface area contributed by atoms with Gasteiger partial charge in [0.2, 0.25) is 0 Å². The summed E-state index contributed by atoms with van der Waals surface area (Å²) in [6.07, 6.45) is 4.14. The third kappa shape index (κ3) is 4.66. The fraction of sp³-hybridized carbons (Fsp3) is 0.350. The topological polar surface area (TPSA) is 84.3 Å². The summed E-state index contributed by atoms with van der Waals surface area (Å²) < 4.78 is 0. The van der Waals surface area contributed by atoms with Crippen molar-refractivity contribution in [3.8, 4) is 0 Å². The van der Waals surface area contributed by atoms with Crippen LogP contribution in [0, 0.1) is 10.1 Å². The van der Waals surface area contributed by atoms with Gasteiger partial charge in [-0.05, 0) is 43.9 Å². The highest BCUT2D eigenvalue weighted by Crippen LogP contribution is 2.33. The summed E-state index contributed by atoms with van der Waals surface area (Å²) in [4.78, 5) is 25.4. The standard InChI is InChI=1S/C20H21N3O3S.ClH/c24-20(22-15-10-13-6-7-14(11-15)21-13)18-12-16(23(25)26)8-9-19(18)27-17-4-2-1-3-5-17;/h1-5,8-9,12-15,21H,6-7,10-11H2,(H,22,24);1H. The van der Waals surface area contributed by atoms with Crippen molar-refractivity contribution in [3.05, 3.63) is 64.2 Å². The van der Waals surface area contributed by atoms with E-state index in [1.165, 1.54) is 23.9 Å². The molecule has 0 spiro atoms. The number of non-ortho nitro benzene ring substituents is 1. The lowest BCUT2D eigenvalue weighted by atomic mass is 9.99. The lowest BCUT2D eigenvalue weighted by molar-refractivity contribution is -0.384. The third-order valence-corrected chi connectivity index (χ3v) is 6.28. The molecule has 1 amide bonds. The van der Waals surface area contributed by atoms with Crippen LogP contribution >= 0.6 is 24.2 Å². The monoisotopic (exact) mass is 419 g/mol. The van der Waals surface area contributed by atoms with Crippen LogP contribution in [0.3, 0.4) is 0 Å². The minimum Gasteiger partial charge on any atom is -0.349 e. The predicted octanol–water partition coefficient (Wildman–Crippen LogP) is 4.18. The zero-order valence-electron chi connectivity index (χ0n) is 15.2. The number of halogens is 1. The molecule has 2 N–H and O–H groups in total. The second kappa shape index (κ2) is 8.94. The van der Waals surface area contributed by atoms with Gasteiger partial charge in [-0.25, -0.2) is 0 Å². The fourth-order valence-electron chi connectivity index (χ4n) is 3.95. The molecule has 0 saturated carbocycles. The maximum Gasteiger partial charge on any atom is 0.270 e. The average Bonchev–Trinajstić information content (AvgIpc) is 3.01. The molecule has 2 aromatic carbocycles. The molecule has 8 heteroatoms. The molecule has 2 bridgehead atoms. The molecule has 2 aliphatic heterocycles. The molecule has 4 rings (SSSR count). The number of fused-ring (bicyclic) bond motifs is 2. The van der Waals surface area contributed by atoms with Crippen molar-refractivity contribution in [1.82, 2.24) is 10.6 Å². The number of carbonyl (C=O) groups is 1. The van der Waals surface area contributed by atoms with Gasteiger partial charge in [-0.3, -0.25) is 14.9 Å². The first-order valence-electron chi connectivity index (χ1n) is 9.17. The van der Waals surface area contributed by atoms with Gasteiger partial charge < -0.3 is 10.6 Å². The molecule has 28 heavy (non-hydrogen) atoms. The first-order valence-corrected chi connectivity index (χ1v) is 9.98. The smallest absolute Gasteiger partial charge is 0.270 e. The molecular formula is C20H22ClN3O3S. The van der Waals surface area contributed by atoms with Crippen molar-refractivity contribution in [1.29, 1.82) is 0 Å². The molecule has 0 radical (unpaired) electrons. The molecule has 2 heterocycles. The number of amides is 1. The van der Waals surface area contributed by atoms with Gasteiger partial charge in [0.1, 0.15) is 0 Å². The van der Waals surface area contributed by atoms with E-state index in [-0.39, 0.29) is 30.0 Å². The largest absolute Gasteiger partial charge is 0.349 e. The van der Waals surface area contributed by atoms with Crippen LogP contribution in [0.15, 0.2) is 58.3 Å². The number of rotatable bonds is 5. The Kier molecular flexibility index (Phi) is 6.59. The summed E-state index contributed by atoms with van der Waals surface area (Å²) in [5.74, 6) is -0.233. The van der Waals surface area contributed by atoms with Crippen LogP contribution in [-0.4, -0.2) is 29.0 Å². The van der Waals surface area contributed by atoms with Crippen LogP contribution in [0.5, 0.6) is 0 Å². The maximum atomic E-state index is 13.0. The maximum absolute atomic E-state index is 13.0. The van der Waals surface area contributed by atoms with Gasteiger partial charge in [-0.2, -0.15) is 0 Å². The molecule has 2 aromatic rings. The number of nitro benzene ring substituents is 1. The van der Waals surface area contributed by atoms with Crippen LogP contribution in [-0.2, 0) is 0 Å². The number of carbonyl (C=O) groups excluding carboxylic acids is 1. The lowest BCUT2D eigenvalue weighted by Crippen LogP contribution is -2.48. The number of nitro groups is 1. The van der Waals surface area contributed by atoms with E-state index in [0.29, 0.717) is 17.6 Å². The SMILES string of the molecule is Cl.O=C(NC1CC2CCC(C1)N2)c1cc([N+](=O)[O-])ccc1Sc1ccccc1. The van der Waals surface area contributed by atoms with Gasteiger partial charge in [-0.1, -0.05) is 30.0 Å². The Bertz CT molecular complexity index is 853. The van der Waals surface area contributed by atoms with Crippen LogP contribution in [0.25, 0.3) is 0 Å². The molecule has 2 atom stereocenters. The van der Waals surface area contributed by atoms with E-state index in [0.717, 1.165) is 35.5 Å². The summed E-state index contributed by atoms with van der Waals surface area (Å²) in [5.41, 5.74) is 0.298. The van der Waals surface area contributed by atoms with E-state index in [2.05, 4.69) is 10.6 Å². The fourth-order valence-corrected chi connectivity index (χ4v) is 4.90. The summed E-state index contributed by atoms with van der Waals surface area (Å²) in [5, 5.41) is 17.9. The van der Waals surface area contributed by atoms with Gasteiger partial charge in [0.05, 0.1) is 10.5 Å². The molecular weight excluding hydrogens is 398 g/mol. The second-order valence-electron chi connectivity index (χ2n) is 7.13. The molecule has 2 fully saturated rings. The molecule has 0 aromatic heterocycles. The van der Waals surface area contributed by atoms with Crippen molar-refractivity contribution in [2.45, 2.75) is 53.6 Å². The summed E-state index contributed by atoms with van der Waals surface area (Å²) in [6, 6.07) is 15.3. The summed E-state index contributed by atoms with van der Waals surface area (Å²) in [7, 11) is 0. The van der Waals surface area contributed by atoms with Crippen LogP contribution in [0.4, 0.5) is 5.69 Å². The minimum atomic E-state index is -0.460. The van der Waals surface area contributed by atoms with E-state index in [1.54, 1.807) is 6.07 Å². The highest BCUT2D eigenvalue weighted by atomic mass is 35.5. The van der Waals surface area contributed by atoms with E-state index in [1.807, 2.05) is 30.3 Å². The van der Waals surface area contributed by atoms with Crippen molar-refractivity contribution < 1.29 is 9.72 Å². The molecule has 2 saturated heterocycles. The molecule has 2 unspecified atom stereocenters. The zero-order valence-corrected chi connectivity index (χ0v) is 16.8. The van der Waals surface area contributed by atoms with E-state index < -0.39 is 4.92 Å². The Morgan fingerprint density at radius 2 is 1.79 bits per heavy atom. The minimum absolute atomic E-state index is 0.